The van der Waals surface area contributed by atoms with Crippen molar-refractivity contribution in [3.8, 4) is 0 Å². The molecule has 2 heteroatoms. The molecule has 0 amide bonds. The van der Waals surface area contributed by atoms with Gasteiger partial charge in [0.2, 0.25) is 0 Å². The van der Waals surface area contributed by atoms with Crippen LogP contribution in [0.15, 0.2) is 25.3 Å². The van der Waals surface area contributed by atoms with Gasteiger partial charge < -0.3 is 5.32 Å². The average molecular weight is 251 g/mol. The highest BCUT2D eigenvalue weighted by atomic mass is 16.1. The molecular formula is C16H29NO. The summed E-state index contributed by atoms with van der Waals surface area (Å²) < 4.78 is 0. The number of rotatable bonds is 12. The van der Waals surface area contributed by atoms with Crippen LogP contribution >= 0.6 is 0 Å². The zero-order chi connectivity index (χ0) is 13.9. The molecule has 2 nitrogen and oxygen atoms in total. The van der Waals surface area contributed by atoms with Gasteiger partial charge in [-0.1, -0.05) is 26.0 Å². The van der Waals surface area contributed by atoms with E-state index in [9.17, 15) is 4.79 Å². The highest BCUT2D eigenvalue weighted by Crippen LogP contribution is 2.24. The van der Waals surface area contributed by atoms with E-state index in [1.165, 1.54) is 0 Å². The molecule has 0 saturated heterocycles. The molecule has 0 radical (unpaired) electrons. The van der Waals surface area contributed by atoms with Crippen LogP contribution in [0.4, 0.5) is 0 Å². The number of hydrogen-bond donors (Lipinski definition) is 1. The summed E-state index contributed by atoms with van der Waals surface area (Å²) in [7, 11) is 0. The third kappa shape index (κ3) is 5.63. The molecular weight excluding hydrogens is 222 g/mol. The molecule has 0 aromatic heterocycles. The first-order valence-electron chi connectivity index (χ1n) is 7.17. The van der Waals surface area contributed by atoms with Gasteiger partial charge in [0.25, 0.3) is 0 Å². The topological polar surface area (TPSA) is 29.1 Å². The van der Waals surface area contributed by atoms with E-state index >= 15 is 0 Å². The van der Waals surface area contributed by atoms with Gasteiger partial charge in [-0.05, 0) is 45.1 Å². The number of ketones is 1. The third-order valence-corrected chi connectivity index (χ3v) is 3.39. The molecule has 0 heterocycles. The van der Waals surface area contributed by atoms with Crippen LogP contribution in [0.2, 0.25) is 0 Å². The predicted octanol–water partition coefficient (Wildman–Crippen LogP) is 4.03. The molecule has 18 heavy (non-hydrogen) atoms. The molecule has 0 aliphatic rings. The smallest absolute Gasteiger partial charge is 0.152 e. The third-order valence-electron chi connectivity index (χ3n) is 3.39. The maximum absolute atomic E-state index is 12.3. The van der Waals surface area contributed by atoms with Crippen molar-refractivity contribution < 1.29 is 4.79 Å². The van der Waals surface area contributed by atoms with E-state index in [0.29, 0.717) is 12.2 Å². The Hall–Kier alpha value is -0.890. The average Bonchev–Trinajstić information content (AvgIpc) is 2.38. The Bertz CT molecular complexity index is 244. The normalized spacial score (nSPS) is 11.2. The van der Waals surface area contributed by atoms with Crippen LogP contribution in [0.3, 0.4) is 0 Å². The lowest BCUT2D eigenvalue weighted by molar-refractivity contribution is -0.126. The Labute approximate surface area is 113 Å². The standard InChI is InChI=1S/C16H29NO/c1-5-9-11-13-16(17-8-4,15(18)7-3)14-12-10-6-2/h5-6,17H,1-2,7-14H2,3-4H3. The van der Waals surface area contributed by atoms with Crippen LogP contribution in [0.25, 0.3) is 0 Å². The minimum absolute atomic E-state index is 0.324. The van der Waals surface area contributed by atoms with Crippen LogP contribution in [0.5, 0.6) is 0 Å². The summed E-state index contributed by atoms with van der Waals surface area (Å²) in [6.45, 7) is 12.4. The quantitative estimate of drug-likeness (QED) is 0.419. The van der Waals surface area contributed by atoms with Gasteiger partial charge in [0.05, 0.1) is 5.54 Å². The largest absolute Gasteiger partial charge is 0.305 e. The Balaban J connectivity index is 4.70. The van der Waals surface area contributed by atoms with Crippen molar-refractivity contribution in [3.05, 3.63) is 25.3 Å². The van der Waals surface area contributed by atoms with Crippen molar-refractivity contribution >= 4 is 5.78 Å². The number of nitrogens with one attached hydrogen (secondary N) is 1. The second kappa shape index (κ2) is 10.1. The predicted molar refractivity (Wildman–Crippen MR) is 79.8 cm³/mol. The minimum Gasteiger partial charge on any atom is -0.305 e. The Morgan fingerprint density at radius 2 is 1.61 bits per heavy atom. The molecule has 0 saturated carbocycles. The number of Topliss-reactive ketones (excluding diaryl/α,β-unsaturated/α-hetero) is 1. The first-order valence-corrected chi connectivity index (χ1v) is 7.17. The highest BCUT2D eigenvalue weighted by Gasteiger charge is 2.34. The number of likely N-dealkylation sites (N-methyl/N-ethyl adjacent to an activating group) is 1. The van der Waals surface area contributed by atoms with Gasteiger partial charge in [0.15, 0.2) is 5.78 Å². The van der Waals surface area contributed by atoms with Crippen molar-refractivity contribution in [1.82, 2.24) is 5.32 Å². The second-order valence-corrected chi connectivity index (χ2v) is 4.75. The van der Waals surface area contributed by atoms with Crippen LogP contribution < -0.4 is 5.32 Å². The summed E-state index contributed by atoms with van der Waals surface area (Å²) in [6.07, 6.45) is 10.3. The van der Waals surface area contributed by atoms with Crippen LogP contribution in [-0.4, -0.2) is 17.9 Å². The molecule has 0 atom stereocenters. The monoisotopic (exact) mass is 251 g/mol. The zero-order valence-electron chi connectivity index (χ0n) is 12.1. The Kier molecular flexibility index (Phi) is 9.57. The van der Waals surface area contributed by atoms with E-state index < -0.39 is 0 Å². The van der Waals surface area contributed by atoms with Crippen molar-refractivity contribution in [2.45, 2.75) is 64.3 Å². The van der Waals surface area contributed by atoms with E-state index in [2.05, 4.69) is 25.4 Å². The molecule has 0 unspecified atom stereocenters. The summed E-state index contributed by atoms with van der Waals surface area (Å²) in [4.78, 5) is 12.3. The lowest BCUT2D eigenvalue weighted by atomic mass is 9.82. The molecule has 0 spiro atoms. The first kappa shape index (κ1) is 17.1. The van der Waals surface area contributed by atoms with E-state index in [1.807, 2.05) is 19.1 Å². The Morgan fingerprint density at radius 3 is 1.94 bits per heavy atom. The maximum atomic E-state index is 12.3. The number of carbonyl (C=O) groups is 1. The lowest BCUT2D eigenvalue weighted by Crippen LogP contribution is -2.51. The number of allylic oxidation sites excluding steroid dienone is 2. The molecule has 0 fully saturated rings. The van der Waals surface area contributed by atoms with Gasteiger partial charge in [0, 0.05) is 6.42 Å². The van der Waals surface area contributed by atoms with E-state index in [4.69, 9.17) is 0 Å². The van der Waals surface area contributed by atoms with Gasteiger partial charge in [0.1, 0.15) is 0 Å². The fourth-order valence-corrected chi connectivity index (χ4v) is 2.45. The minimum atomic E-state index is -0.324. The van der Waals surface area contributed by atoms with Crippen LogP contribution in [-0.2, 0) is 4.79 Å². The van der Waals surface area contributed by atoms with Crippen molar-refractivity contribution in [2.75, 3.05) is 6.54 Å². The number of unbranched alkanes of at least 4 members (excludes halogenated alkanes) is 2. The number of hydrogen-bond acceptors (Lipinski definition) is 2. The van der Waals surface area contributed by atoms with Crippen LogP contribution in [0.1, 0.15) is 58.8 Å². The summed E-state index contributed by atoms with van der Waals surface area (Å²) in [5.74, 6) is 0.345. The molecule has 104 valence electrons. The fourth-order valence-electron chi connectivity index (χ4n) is 2.45. The van der Waals surface area contributed by atoms with Crippen molar-refractivity contribution in [2.24, 2.45) is 0 Å². The lowest BCUT2D eigenvalue weighted by Gasteiger charge is -2.33. The second-order valence-electron chi connectivity index (χ2n) is 4.75. The van der Waals surface area contributed by atoms with Gasteiger partial charge >= 0.3 is 0 Å². The number of carbonyl (C=O) groups excluding carboxylic acids is 1. The van der Waals surface area contributed by atoms with Crippen LogP contribution in [0, 0.1) is 0 Å². The molecule has 1 N–H and O–H groups in total. The maximum Gasteiger partial charge on any atom is 0.152 e. The van der Waals surface area contributed by atoms with Crippen molar-refractivity contribution in [1.29, 1.82) is 0 Å². The summed E-state index contributed by atoms with van der Waals surface area (Å²) in [5.41, 5.74) is -0.324. The highest BCUT2D eigenvalue weighted by molar-refractivity contribution is 5.88. The SMILES string of the molecule is C=CCCCC(CCCC=C)(NCC)C(=O)CC. The van der Waals surface area contributed by atoms with E-state index in [-0.39, 0.29) is 5.54 Å². The molecule has 0 aromatic carbocycles. The molecule has 0 bridgehead atoms. The van der Waals surface area contributed by atoms with Gasteiger partial charge in [-0.25, -0.2) is 0 Å². The van der Waals surface area contributed by atoms with Crippen molar-refractivity contribution in [3.63, 3.8) is 0 Å². The molecule has 0 aliphatic carbocycles. The summed E-state index contributed by atoms with van der Waals surface area (Å²) in [6, 6.07) is 0. The summed E-state index contributed by atoms with van der Waals surface area (Å²) >= 11 is 0. The zero-order valence-corrected chi connectivity index (χ0v) is 12.1. The molecule has 0 aromatic rings. The van der Waals surface area contributed by atoms with E-state index in [0.717, 1.165) is 45.1 Å². The van der Waals surface area contributed by atoms with E-state index in [1.54, 1.807) is 0 Å². The summed E-state index contributed by atoms with van der Waals surface area (Å²) in [5, 5.41) is 3.45. The first-order chi connectivity index (χ1) is 8.66. The van der Waals surface area contributed by atoms with Gasteiger partial charge in [-0.3, -0.25) is 4.79 Å². The fraction of sp³-hybridized carbons (Fsp3) is 0.688. The van der Waals surface area contributed by atoms with Gasteiger partial charge in [-0.15, -0.1) is 13.2 Å². The molecule has 0 aliphatic heterocycles. The van der Waals surface area contributed by atoms with Gasteiger partial charge in [-0.2, -0.15) is 0 Å². The Morgan fingerprint density at radius 1 is 1.11 bits per heavy atom. The molecule has 0 rings (SSSR count).